The minimum atomic E-state index is -0.00661. The predicted molar refractivity (Wildman–Crippen MR) is 82.9 cm³/mol. The predicted octanol–water partition coefficient (Wildman–Crippen LogP) is 1.08. The van der Waals surface area contributed by atoms with Crippen LogP contribution in [-0.2, 0) is 4.79 Å². The van der Waals surface area contributed by atoms with Gasteiger partial charge in [0.2, 0.25) is 5.91 Å². The van der Waals surface area contributed by atoms with E-state index in [0.29, 0.717) is 12.5 Å². The molecular weight excluding hydrogens is 264 g/mol. The molecule has 0 aromatic heterocycles. The van der Waals surface area contributed by atoms with Crippen LogP contribution in [0.15, 0.2) is 30.3 Å². The van der Waals surface area contributed by atoms with Crippen LogP contribution < -0.4 is 10.2 Å². The lowest BCUT2D eigenvalue weighted by molar-refractivity contribution is -0.119. The first-order valence-corrected chi connectivity index (χ1v) is 7.34. The summed E-state index contributed by atoms with van der Waals surface area (Å²) in [5.41, 5.74) is 0.787. The van der Waals surface area contributed by atoms with Crippen LogP contribution in [0.2, 0.25) is 0 Å². The summed E-state index contributed by atoms with van der Waals surface area (Å²) in [5, 5.41) is 12.1. The van der Waals surface area contributed by atoms with E-state index in [1.54, 1.807) is 4.90 Å². The Balaban J connectivity index is 1.96. The Morgan fingerprint density at radius 2 is 2.24 bits per heavy atom. The van der Waals surface area contributed by atoms with Gasteiger partial charge in [-0.15, -0.1) is 0 Å². The Hall–Kier alpha value is -1.90. The van der Waals surface area contributed by atoms with Crippen LogP contribution in [0.1, 0.15) is 6.42 Å². The topological polar surface area (TPSA) is 59.4 Å². The van der Waals surface area contributed by atoms with Crippen LogP contribution in [0.4, 0.5) is 5.69 Å². The highest BCUT2D eigenvalue weighted by atomic mass is 16.2. The van der Waals surface area contributed by atoms with E-state index in [2.05, 4.69) is 16.3 Å². The van der Waals surface area contributed by atoms with Crippen LogP contribution in [-0.4, -0.2) is 50.6 Å². The first-order valence-electron chi connectivity index (χ1n) is 7.34. The monoisotopic (exact) mass is 286 g/mol. The van der Waals surface area contributed by atoms with E-state index >= 15 is 0 Å². The Morgan fingerprint density at radius 1 is 1.48 bits per heavy atom. The highest BCUT2D eigenvalue weighted by Crippen LogP contribution is 2.17. The van der Waals surface area contributed by atoms with Gasteiger partial charge in [0.15, 0.2) is 0 Å². The number of anilines is 1. The van der Waals surface area contributed by atoms with Crippen molar-refractivity contribution in [3.8, 4) is 6.07 Å². The van der Waals surface area contributed by atoms with Crippen molar-refractivity contribution in [2.24, 2.45) is 5.92 Å². The van der Waals surface area contributed by atoms with Crippen LogP contribution in [0.5, 0.6) is 0 Å². The number of rotatable bonds is 6. The Kier molecular flexibility index (Phi) is 5.73. The van der Waals surface area contributed by atoms with Gasteiger partial charge in [-0.2, -0.15) is 5.26 Å². The normalized spacial score (nSPS) is 18.4. The summed E-state index contributed by atoms with van der Waals surface area (Å²) in [7, 11) is 1.96. The first-order chi connectivity index (χ1) is 10.2. The van der Waals surface area contributed by atoms with Crippen molar-refractivity contribution < 1.29 is 4.79 Å². The largest absolute Gasteiger partial charge is 0.319 e. The molecule has 0 aliphatic carbocycles. The molecule has 1 aliphatic rings. The summed E-state index contributed by atoms with van der Waals surface area (Å²) in [6.07, 6.45) is 1.12. The molecule has 1 aliphatic heterocycles. The summed E-state index contributed by atoms with van der Waals surface area (Å²) < 4.78 is 0. The van der Waals surface area contributed by atoms with Crippen molar-refractivity contribution >= 4 is 11.6 Å². The maximum atomic E-state index is 12.5. The van der Waals surface area contributed by atoms with Gasteiger partial charge in [0.05, 0.1) is 12.6 Å². The number of nitrogens with zero attached hydrogens (tertiary/aromatic N) is 3. The second-order valence-corrected chi connectivity index (χ2v) is 5.42. The fourth-order valence-electron chi connectivity index (χ4n) is 2.79. The molecule has 5 nitrogen and oxygen atoms in total. The van der Waals surface area contributed by atoms with Crippen LogP contribution in [0.3, 0.4) is 0 Å². The Morgan fingerprint density at radius 3 is 2.90 bits per heavy atom. The van der Waals surface area contributed by atoms with E-state index in [1.165, 1.54) is 0 Å². The molecule has 0 bridgehead atoms. The van der Waals surface area contributed by atoms with Gasteiger partial charge in [-0.05, 0) is 44.6 Å². The molecule has 1 heterocycles. The number of nitrogens with one attached hydrogen (secondary N) is 1. The van der Waals surface area contributed by atoms with Gasteiger partial charge >= 0.3 is 0 Å². The number of amides is 1. The maximum Gasteiger partial charge on any atom is 0.242 e. The number of benzene rings is 1. The highest BCUT2D eigenvalue weighted by molar-refractivity contribution is 5.95. The fourth-order valence-corrected chi connectivity index (χ4v) is 2.79. The zero-order valence-electron chi connectivity index (χ0n) is 12.5. The smallest absolute Gasteiger partial charge is 0.242 e. The number of likely N-dealkylation sites (tertiary alicyclic amines) is 1. The number of hydrogen-bond donors (Lipinski definition) is 1. The minimum Gasteiger partial charge on any atom is -0.319 e. The van der Waals surface area contributed by atoms with Gasteiger partial charge < -0.3 is 5.32 Å². The van der Waals surface area contributed by atoms with Crippen LogP contribution in [0.25, 0.3) is 0 Å². The summed E-state index contributed by atoms with van der Waals surface area (Å²) in [6.45, 7) is 3.37. The van der Waals surface area contributed by atoms with Gasteiger partial charge in [-0.25, -0.2) is 0 Å². The van der Waals surface area contributed by atoms with Crippen molar-refractivity contribution in [3.63, 3.8) is 0 Å². The standard InChI is InChI=1S/C16H22N4O/c1-18-11-14-7-9-19(12-14)13-16(21)20(10-8-17)15-5-3-2-4-6-15/h2-6,14,18H,7,9-13H2,1H3. The summed E-state index contributed by atoms with van der Waals surface area (Å²) >= 11 is 0. The third kappa shape index (κ3) is 4.28. The first kappa shape index (κ1) is 15.5. The molecule has 1 amide bonds. The van der Waals surface area contributed by atoms with Gasteiger partial charge in [0, 0.05) is 12.2 Å². The third-order valence-electron chi connectivity index (χ3n) is 3.82. The maximum absolute atomic E-state index is 12.5. The molecule has 1 aromatic rings. The van der Waals surface area contributed by atoms with Crippen molar-refractivity contribution in [1.82, 2.24) is 10.2 Å². The molecule has 1 aromatic carbocycles. The number of carbonyl (C=O) groups is 1. The van der Waals surface area contributed by atoms with Gasteiger partial charge in [0.1, 0.15) is 6.54 Å². The average Bonchev–Trinajstić information content (AvgIpc) is 2.93. The molecule has 0 spiro atoms. The van der Waals surface area contributed by atoms with E-state index in [1.807, 2.05) is 37.4 Å². The zero-order chi connectivity index (χ0) is 15.1. The SMILES string of the molecule is CNCC1CCN(CC(=O)N(CC#N)c2ccccc2)C1. The second kappa shape index (κ2) is 7.77. The van der Waals surface area contributed by atoms with Crippen molar-refractivity contribution in [3.05, 3.63) is 30.3 Å². The summed E-state index contributed by atoms with van der Waals surface area (Å²) in [4.78, 5) is 16.2. The number of carbonyl (C=O) groups excluding carboxylic acids is 1. The minimum absolute atomic E-state index is 0.00661. The number of para-hydroxylation sites is 1. The lowest BCUT2D eigenvalue weighted by Crippen LogP contribution is -2.40. The average molecular weight is 286 g/mol. The summed E-state index contributed by atoms with van der Waals surface area (Å²) in [6, 6.07) is 11.5. The van der Waals surface area contributed by atoms with Gasteiger partial charge in [0.25, 0.3) is 0 Å². The van der Waals surface area contributed by atoms with Gasteiger partial charge in [-0.1, -0.05) is 18.2 Å². The summed E-state index contributed by atoms with van der Waals surface area (Å²) in [5.74, 6) is 0.608. The van der Waals surface area contributed by atoms with E-state index in [4.69, 9.17) is 5.26 Å². The molecule has 0 saturated carbocycles. The van der Waals surface area contributed by atoms with Crippen LogP contribution in [0, 0.1) is 17.2 Å². The quantitative estimate of drug-likeness (QED) is 0.795. The molecule has 1 saturated heterocycles. The molecular formula is C16H22N4O. The second-order valence-electron chi connectivity index (χ2n) is 5.42. The number of hydrogen-bond acceptors (Lipinski definition) is 4. The van der Waals surface area contributed by atoms with Gasteiger partial charge in [-0.3, -0.25) is 14.6 Å². The Bertz CT molecular complexity index is 497. The lowest BCUT2D eigenvalue weighted by Gasteiger charge is -2.23. The van der Waals surface area contributed by atoms with Crippen LogP contribution >= 0.6 is 0 Å². The molecule has 0 radical (unpaired) electrons. The molecule has 1 atom stereocenters. The third-order valence-corrected chi connectivity index (χ3v) is 3.82. The van der Waals surface area contributed by atoms with E-state index in [9.17, 15) is 4.79 Å². The van der Waals surface area contributed by atoms with E-state index < -0.39 is 0 Å². The zero-order valence-corrected chi connectivity index (χ0v) is 12.5. The molecule has 21 heavy (non-hydrogen) atoms. The molecule has 1 unspecified atom stereocenters. The highest BCUT2D eigenvalue weighted by Gasteiger charge is 2.25. The molecule has 2 rings (SSSR count). The molecule has 112 valence electrons. The lowest BCUT2D eigenvalue weighted by atomic mass is 10.1. The van der Waals surface area contributed by atoms with Crippen molar-refractivity contribution in [2.75, 3.05) is 44.7 Å². The fraction of sp³-hybridized carbons (Fsp3) is 0.500. The van der Waals surface area contributed by atoms with E-state index in [-0.39, 0.29) is 12.5 Å². The molecule has 5 heteroatoms. The van der Waals surface area contributed by atoms with Crippen molar-refractivity contribution in [2.45, 2.75) is 6.42 Å². The molecule has 1 fully saturated rings. The number of nitriles is 1. The van der Waals surface area contributed by atoms with Crippen molar-refractivity contribution in [1.29, 1.82) is 5.26 Å². The molecule has 1 N–H and O–H groups in total. The Labute approximate surface area is 126 Å². The van der Waals surface area contributed by atoms with E-state index in [0.717, 1.165) is 31.7 Å².